The summed E-state index contributed by atoms with van der Waals surface area (Å²) < 4.78 is 0. The van der Waals surface area contributed by atoms with Gasteiger partial charge in [-0.1, -0.05) is 23.2 Å². The Morgan fingerprint density at radius 2 is 1.86 bits per heavy atom. The summed E-state index contributed by atoms with van der Waals surface area (Å²) in [7, 11) is 3.75. The molecule has 0 atom stereocenters. The van der Waals surface area contributed by atoms with Crippen LogP contribution < -0.4 is 10.2 Å². The molecule has 1 saturated heterocycles. The van der Waals surface area contributed by atoms with Crippen LogP contribution in [0.5, 0.6) is 0 Å². The molecule has 1 aliphatic rings. The molecule has 0 unspecified atom stereocenters. The van der Waals surface area contributed by atoms with Crippen LogP contribution in [0.25, 0.3) is 0 Å². The van der Waals surface area contributed by atoms with Gasteiger partial charge in [-0.25, -0.2) is 0 Å². The van der Waals surface area contributed by atoms with E-state index in [4.69, 9.17) is 23.2 Å². The highest BCUT2D eigenvalue weighted by molar-refractivity contribution is 6.54. The first kappa shape index (κ1) is 16.9. The molecule has 0 aliphatic carbocycles. The van der Waals surface area contributed by atoms with Gasteiger partial charge in [-0.05, 0) is 31.0 Å². The molecule has 1 heterocycles. The van der Waals surface area contributed by atoms with Gasteiger partial charge in [-0.3, -0.25) is 9.59 Å². The Hall–Kier alpha value is -1.46. The van der Waals surface area contributed by atoms with Gasteiger partial charge in [0.2, 0.25) is 0 Å². The van der Waals surface area contributed by atoms with Crippen LogP contribution in [0.3, 0.4) is 0 Å². The lowest BCUT2D eigenvalue weighted by molar-refractivity contribution is -0.114. The number of nitrogens with zero attached hydrogens (tertiary/aromatic N) is 2. The van der Waals surface area contributed by atoms with Gasteiger partial charge in [0.25, 0.3) is 11.8 Å². The number of nitrogens with one attached hydrogen (secondary N) is 1. The molecule has 1 aliphatic heterocycles. The van der Waals surface area contributed by atoms with Crippen molar-refractivity contribution in [2.24, 2.45) is 0 Å². The largest absolute Gasteiger partial charge is 0.377 e. The second-order valence-corrected chi connectivity index (χ2v) is 6.51. The third kappa shape index (κ3) is 3.84. The summed E-state index contributed by atoms with van der Waals surface area (Å²) in [5.41, 5.74) is 1.87. The van der Waals surface area contributed by atoms with Crippen molar-refractivity contribution in [1.29, 1.82) is 0 Å². The molecule has 7 heteroatoms. The fraction of sp³-hybridized carbons (Fsp3) is 0.467. The minimum absolute atomic E-state index is 0.0226. The predicted molar refractivity (Wildman–Crippen MR) is 90.0 cm³/mol. The summed E-state index contributed by atoms with van der Waals surface area (Å²) in [6.07, 6.45) is 2.05. The van der Waals surface area contributed by atoms with Crippen LogP contribution in [-0.4, -0.2) is 48.7 Å². The standard InChI is InChI=1S/C15H19Cl2N3O2/c1-19(2)12-6-5-10(18-14(21)13(16)17)9-11(12)15(22)20-7-3-4-8-20/h5-6,9,13H,3-4,7-8H2,1-2H3,(H,18,21). The molecular weight excluding hydrogens is 325 g/mol. The molecule has 1 fully saturated rings. The first-order valence-electron chi connectivity index (χ1n) is 7.10. The summed E-state index contributed by atoms with van der Waals surface area (Å²) in [6.45, 7) is 1.54. The number of likely N-dealkylation sites (tertiary alicyclic amines) is 1. The van der Waals surface area contributed by atoms with Crippen molar-refractivity contribution in [2.45, 2.75) is 17.7 Å². The SMILES string of the molecule is CN(C)c1ccc(NC(=O)C(Cl)Cl)cc1C(=O)N1CCCC1. The van der Waals surface area contributed by atoms with Crippen LogP contribution in [0, 0.1) is 0 Å². The molecule has 0 saturated carbocycles. The number of benzene rings is 1. The van der Waals surface area contributed by atoms with E-state index >= 15 is 0 Å². The lowest BCUT2D eigenvalue weighted by Crippen LogP contribution is -2.29. The molecule has 1 aromatic rings. The van der Waals surface area contributed by atoms with Gasteiger partial charge in [0.1, 0.15) is 0 Å². The van der Waals surface area contributed by atoms with Crippen LogP contribution >= 0.6 is 23.2 Å². The maximum absolute atomic E-state index is 12.7. The third-order valence-corrected chi connectivity index (χ3v) is 3.96. The highest BCUT2D eigenvalue weighted by Crippen LogP contribution is 2.26. The lowest BCUT2D eigenvalue weighted by atomic mass is 10.1. The highest BCUT2D eigenvalue weighted by atomic mass is 35.5. The fourth-order valence-corrected chi connectivity index (χ4v) is 2.57. The minimum Gasteiger partial charge on any atom is -0.377 e. The number of carbonyl (C=O) groups is 2. The van der Waals surface area contributed by atoms with Crippen molar-refractivity contribution in [3.63, 3.8) is 0 Å². The van der Waals surface area contributed by atoms with Crippen molar-refractivity contribution in [3.8, 4) is 0 Å². The predicted octanol–water partition coefficient (Wildman–Crippen LogP) is 2.73. The summed E-state index contributed by atoms with van der Waals surface area (Å²) in [5, 5.41) is 2.60. The topological polar surface area (TPSA) is 52.7 Å². The Morgan fingerprint density at radius 3 is 2.41 bits per heavy atom. The Bertz CT molecular complexity index is 570. The van der Waals surface area contributed by atoms with Gasteiger partial charge in [0.05, 0.1) is 5.56 Å². The first-order valence-corrected chi connectivity index (χ1v) is 7.97. The third-order valence-electron chi connectivity index (χ3n) is 3.57. The number of rotatable bonds is 4. The molecule has 22 heavy (non-hydrogen) atoms. The normalized spacial score (nSPS) is 14.3. The molecule has 0 bridgehead atoms. The van der Waals surface area contributed by atoms with Crippen LogP contribution in [0.15, 0.2) is 18.2 Å². The van der Waals surface area contributed by atoms with E-state index in [1.165, 1.54) is 0 Å². The molecular formula is C15H19Cl2N3O2. The number of halogens is 2. The van der Waals surface area contributed by atoms with E-state index in [1.807, 2.05) is 23.9 Å². The van der Waals surface area contributed by atoms with Gasteiger partial charge < -0.3 is 15.1 Å². The molecule has 5 nitrogen and oxygen atoms in total. The lowest BCUT2D eigenvalue weighted by Gasteiger charge is -2.22. The van der Waals surface area contributed by atoms with E-state index < -0.39 is 10.7 Å². The number of amides is 2. The van der Waals surface area contributed by atoms with E-state index in [0.717, 1.165) is 31.6 Å². The van der Waals surface area contributed by atoms with E-state index in [9.17, 15) is 9.59 Å². The molecule has 0 aromatic heterocycles. The van der Waals surface area contributed by atoms with E-state index in [1.54, 1.807) is 18.2 Å². The van der Waals surface area contributed by atoms with E-state index in [2.05, 4.69) is 5.32 Å². The van der Waals surface area contributed by atoms with Crippen molar-refractivity contribution in [1.82, 2.24) is 4.90 Å². The first-order chi connectivity index (χ1) is 10.4. The number of alkyl halides is 2. The second-order valence-electron chi connectivity index (χ2n) is 5.42. The molecule has 0 spiro atoms. The van der Waals surface area contributed by atoms with Crippen molar-refractivity contribution >= 4 is 46.4 Å². The zero-order valence-corrected chi connectivity index (χ0v) is 14.1. The van der Waals surface area contributed by atoms with Crippen molar-refractivity contribution < 1.29 is 9.59 Å². The van der Waals surface area contributed by atoms with E-state index in [-0.39, 0.29) is 5.91 Å². The Balaban J connectivity index is 2.31. The number of hydrogen-bond acceptors (Lipinski definition) is 3. The Kier molecular flexibility index (Phi) is 5.53. The molecule has 1 N–H and O–H groups in total. The maximum Gasteiger partial charge on any atom is 0.257 e. The van der Waals surface area contributed by atoms with Crippen molar-refractivity contribution in [2.75, 3.05) is 37.4 Å². The van der Waals surface area contributed by atoms with Crippen LogP contribution in [0.1, 0.15) is 23.2 Å². The van der Waals surface area contributed by atoms with Gasteiger partial charge in [-0.2, -0.15) is 0 Å². The number of hydrogen-bond donors (Lipinski definition) is 1. The minimum atomic E-state index is -1.15. The molecule has 120 valence electrons. The molecule has 2 amide bonds. The maximum atomic E-state index is 12.7. The van der Waals surface area contributed by atoms with Crippen LogP contribution in [0.4, 0.5) is 11.4 Å². The van der Waals surface area contributed by atoms with Gasteiger partial charge >= 0.3 is 0 Å². The van der Waals surface area contributed by atoms with Crippen molar-refractivity contribution in [3.05, 3.63) is 23.8 Å². The quantitative estimate of drug-likeness (QED) is 0.855. The highest BCUT2D eigenvalue weighted by Gasteiger charge is 2.23. The summed E-state index contributed by atoms with van der Waals surface area (Å²) in [4.78, 5) is 26.8. The molecule has 1 aromatic carbocycles. The zero-order chi connectivity index (χ0) is 16.3. The number of anilines is 2. The Morgan fingerprint density at radius 1 is 1.23 bits per heavy atom. The average molecular weight is 344 g/mol. The summed E-state index contributed by atoms with van der Waals surface area (Å²) in [5.74, 6) is -0.536. The van der Waals surface area contributed by atoms with Gasteiger partial charge in [0.15, 0.2) is 4.84 Å². The smallest absolute Gasteiger partial charge is 0.257 e. The summed E-state index contributed by atoms with van der Waals surface area (Å²) >= 11 is 11.1. The second kappa shape index (κ2) is 7.20. The van der Waals surface area contributed by atoms with Gasteiger partial charge in [-0.15, -0.1) is 0 Å². The van der Waals surface area contributed by atoms with Crippen LogP contribution in [-0.2, 0) is 4.79 Å². The Labute approximate surface area is 140 Å². The summed E-state index contributed by atoms with van der Waals surface area (Å²) in [6, 6.07) is 5.20. The van der Waals surface area contributed by atoms with E-state index in [0.29, 0.717) is 11.3 Å². The van der Waals surface area contributed by atoms with Crippen LogP contribution in [0.2, 0.25) is 0 Å². The molecule has 2 rings (SSSR count). The van der Waals surface area contributed by atoms with Gasteiger partial charge in [0, 0.05) is 38.6 Å². The molecule has 0 radical (unpaired) electrons. The zero-order valence-electron chi connectivity index (χ0n) is 12.6. The average Bonchev–Trinajstić information content (AvgIpc) is 3.00. The fourth-order valence-electron chi connectivity index (χ4n) is 2.46. The monoisotopic (exact) mass is 343 g/mol. The number of carbonyl (C=O) groups excluding carboxylic acids is 2.